The molecule has 4 aromatic rings. The maximum Gasteiger partial charge on any atom is 0.243 e. The number of thiophene rings is 1. The number of rotatable bonds is 9. The van der Waals surface area contributed by atoms with Crippen LogP contribution in [0.25, 0.3) is 0 Å². The third-order valence-electron chi connectivity index (χ3n) is 6.68. The van der Waals surface area contributed by atoms with Gasteiger partial charge in [0.1, 0.15) is 12.6 Å². The Morgan fingerprint density at radius 3 is 2.27 bits per heavy atom. The molecule has 1 aromatic heterocycles. The summed E-state index contributed by atoms with van der Waals surface area (Å²) in [5.41, 5.74) is 3.14. The van der Waals surface area contributed by atoms with E-state index in [2.05, 4.69) is 10.5 Å². The third kappa shape index (κ3) is 6.73. The molecule has 1 atom stereocenters. The van der Waals surface area contributed by atoms with Crippen LogP contribution in [0.5, 0.6) is 0 Å². The number of likely N-dealkylation sites (tertiary alicyclic amines) is 1. The van der Waals surface area contributed by atoms with Gasteiger partial charge in [0.2, 0.25) is 11.8 Å². The number of halogens is 2. The van der Waals surface area contributed by atoms with E-state index in [0.29, 0.717) is 22.3 Å². The summed E-state index contributed by atoms with van der Waals surface area (Å²) in [5.74, 6) is -0.953. The Hall–Kier alpha value is -3.65. The van der Waals surface area contributed by atoms with Gasteiger partial charge in [0.15, 0.2) is 0 Å². The molecule has 9 heteroatoms. The maximum atomic E-state index is 14.2. The Balaban J connectivity index is 1.39. The molecule has 2 amide bonds. The number of oxime groups is 1. The van der Waals surface area contributed by atoms with Gasteiger partial charge in [0.25, 0.3) is 0 Å². The molecule has 2 heterocycles. The van der Waals surface area contributed by atoms with Crippen molar-refractivity contribution in [3.63, 3.8) is 0 Å². The Bertz CT molecular complexity index is 1440. The van der Waals surface area contributed by atoms with Gasteiger partial charge in [-0.15, -0.1) is 11.3 Å². The number of hydrogen-bond donors (Lipinski definition) is 1. The smallest absolute Gasteiger partial charge is 0.243 e. The van der Waals surface area contributed by atoms with Crippen molar-refractivity contribution < 1.29 is 14.4 Å². The Kier molecular flexibility index (Phi) is 9.16. The summed E-state index contributed by atoms with van der Waals surface area (Å²) in [5, 5.41) is 10.2. The number of hydrogen-bond acceptors (Lipinski definition) is 5. The van der Waals surface area contributed by atoms with Gasteiger partial charge in [0.05, 0.1) is 34.8 Å². The first-order valence-electron chi connectivity index (χ1n) is 12.8. The van der Waals surface area contributed by atoms with E-state index in [1.54, 1.807) is 28.4 Å². The molecule has 1 N–H and O–H groups in total. The Morgan fingerprint density at radius 2 is 1.65 bits per heavy atom. The van der Waals surface area contributed by atoms with E-state index in [1.165, 1.54) is 0 Å². The Labute approximate surface area is 247 Å². The third-order valence-corrected chi connectivity index (χ3v) is 8.30. The highest BCUT2D eigenvalue weighted by Gasteiger charge is 2.41. The van der Waals surface area contributed by atoms with Crippen molar-refractivity contribution in [3.05, 3.63) is 128 Å². The molecule has 40 heavy (non-hydrogen) atoms. The van der Waals surface area contributed by atoms with Crippen LogP contribution in [0, 0.1) is 0 Å². The summed E-state index contributed by atoms with van der Waals surface area (Å²) in [7, 11) is 0. The zero-order valence-corrected chi connectivity index (χ0v) is 23.8. The van der Waals surface area contributed by atoms with Gasteiger partial charge in [-0.2, -0.15) is 0 Å². The monoisotopic (exact) mass is 591 g/mol. The lowest BCUT2D eigenvalue weighted by molar-refractivity contribution is -0.138. The summed E-state index contributed by atoms with van der Waals surface area (Å²) in [4.78, 5) is 35.9. The zero-order valence-electron chi connectivity index (χ0n) is 21.5. The lowest BCUT2D eigenvalue weighted by Crippen LogP contribution is -2.47. The summed E-state index contributed by atoms with van der Waals surface area (Å²) in [6.07, 6.45) is 0.277. The van der Waals surface area contributed by atoms with Crippen LogP contribution in [-0.4, -0.2) is 35.0 Å². The van der Waals surface area contributed by atoms with Crippen molar-refractivity contribution in [1.29, 1.82) is 0 Å². The van der Waals surface area contributed by atoms with Gasteiger partial charge in [-0.25, -0.2) is 0 Å². The normalized spacial score (nSPS) is 15.9. The van der Waals surface area contributed by atoms with Crippen LogP contribution < -0.4 is 5.32 Å². The lowest BCUT2D eigenvalue weighted by Gasteiger charge is -2.28. The highest BCUT2D eigenvalue weighted by molar-refractivity contribution is 7.09. The van der Waals surface area contributed by atoms with Gasteiger partial charge in [-0.05, 0) is 40.3 Å². The zero-order chi connectivity index (χ0) is 27.9. The second kappa shape index (κ2) is 13.1. The maximum absolute atomic E-state index is 14.2. The van der Waals surface area contributed by atoms with E-state index in [-0.39, 0.29) is 31.4 Å². The fourth-order valence-corrected chi connectivity index (χ4v) is 5.67. The van der Waals surface area contributed by atoms with Crippen LogP contribution in [0.4, 0.5) is 0 Å². The van der Waals surface area contributed by atoms with Crippen LogP contribution >= 0.6 is 34.5 Å². The van der Waals surface area contributed by atoms with Crippen molar-refractivity contribution in [1.82, 2.24) is 10.2 Å². The van der Waals surface area contributed by atoms with Crippen LogP contribution in [0.15, 0.2) is 102 Å². The summed E-state index contributed by atoms with van der Waals surface area (Å²) in [6.45, 7) is 0.768. The Morgan fingerprint density at radius 1 is 0.950 bits per heavy atom. The van der Waals surface area contributed by atoms with Crippen molar-refractivity contribution in [2.75, 3.05) is 6.54 Å². The number of carbonyl (C=O) groups is 2. The fraction of sp³-hybridized carbons (Fsp3) is 0.194. The number of benzene rings is 3. The number of amides is 2. The molecule has 0 saturated carbocycles. The fourth-order valence-electron chi connectivity index (χ4n) is 4.70. The molecule has 204 valence electrons. The highest BCUT2D eigenvalue weighted by Crippen LogP contribution is 2.30. The molecule has 1 aliphatic heterocycles. The molecule has 5 rings (SSSR count). The van der Waals surface area contributed by atoms with Gasteiger partial charge in [-0.3, -0.25) is 9.59 Å². The molecule has 1 fully saturated rings. The molecule has 0 spiro atoms. The largest absolute Gasteiger partial charge is 0.391 e. The van der Waals surface area contributed by atoms with E-state index in [4.69, 9.17) is 28.0 Å². The molecule has 3 aromatic carbocycles. The second-order valence-corrected chi connectivity index (χ2v) is 11.3. The van der Waals surface area contributed by atoms with Crippen molar-refractivity contribution in [2.45, 2.75) is 31.5 Å². The average Bonchev–Trinajstić information content (AvgIpc) is 3.65. The number of carbonyl (C=O) groups excluding carboxylic acids is 2. The van der Waals surface area contributed by atoms with Crippen molar-refractivity contribution >= 4 is 52.1 Å². The molecular formula is C31H27Cl2N3O3S. The van der Waals surface area contributed by atoms with Crippen LogP contribution in [0.1, 0.15) is 33.9 Å². The molecule has 0 radical (unpaired) electrons. The topological polar surface area (TPSA) is 71.0 Å². The first-order valence-corrected chi connectivity index (χ1v) is 14.4. The van der Waals surface area contributed by atoms with E-state index < -0.39 is 12.0 Å². The quantitative estimate of drug-likeness (QED) is 0.221. The second-order valence-electron chi connectivity index (χ2n) is 9.42. The minimum absolute atomic E-state index is 0.164. The minimum atomic E-state index is -0.713. The highest BCUT2D eigenvalue weighted by atomic mass is 35.5. The predicted molar refractivity (Wildman–Crippen MR) is 160 cm³/mol. The standard InChI is InChI=1S/C31H27Cl2N3O3S/c32-26-14-13-21(16-27(26)33)20-39-35-24-17-28(30(37)34-18-25-12-7-15-40-25)36(19-24)31(38)29(22-8-3-1-4-9-22)23-10-5-2-6-11-23/h1-16,28-29H,17-20H2,(H,34,37)/b35-24+/t28-/m0/s1. The van der Waals surface area contributed by atoms with E-state index in [9.17, 15) is 9.59 Å². The first kappa shape index (κ1) is 27.9. The van der Waals surface area contributed by atoms with Gasteiger partial charge < -0.3 is 15.1 Å². The summed E-state index contributed by atoms with van der Waals surface area (Å²) < 4.78 is 0. The van der Waals surface area contributed by atoms with Crippen LogP contribution in [0.3, 0.4) is 0 Å². The molecule has 1 saturated heterocycles. The molecule has 0 bridgehead atoms. The average molecular weight is 593 g/mol. The van der Waals surface area contributed by atoms with E-state index in [1.807, 2.05) is 84.2 Å². The SMILES string of the molecule is O=C(NCc1cccs1)[C@@H]1C/C(=N\OCc2ccc(Cl)c(Cl)c2)CN1C(=O)C(c1ccccc1)c1ccccc1. The predicted octanol–water partition coefficient (Wildman–Crippen LogP) is 6.68. The molecular weight excluding hydrogens is 565 g/mol. The van der Waals surface area contributed by atoms with Crippen LogP contribution in [-0.2, 0) is 27.6 Å². The van der Waals surface area contributed by atoms with E-state index in [0.717, 1.165) is 21.6 Å². The molecule has 0 unspecified atom stereocenters. The molecule has 6 nitrogen and oxygen atoms in total. The van der Waals surface area contributed by atoms with Gasteiger partial charge in [0, 0.05) is 11.3 Å². The lowest BCUT2D eigenvalue weighted by atomic mass is 9.90. The van der Waals surface area contributed by atoms with Gasteiger partial charge >= 0.3 is 0 Å². The summed E-state index contributed by atoms with van der Waals surface area (Å²) >= 11 is 13.7. The van der Waals surface area contributed by atoms with Crippen LogP contribution in [0.2, 0.25) is 10.0 Å². The number of nitrogens with zero attached hydrogens (tertiary/aromatic N) is 2. The van der Waals surface area contributed by atoms with Crippen molar-refractivity contribution in [2.24, 2.45) is 5.16 Å². The first-order chi connectivity index (χ1) is 19.5. The number of nitrogens with one attached hydrogen (secondary N) is 1. The van der Waals surface area contributed by atoms with Gasteiger partial charge in [-0.1, -0.05) is 101 Å². The molecule has 1 aliphatic rings. The molecule has 0 aliphatic carbocycles. The van der Waals surface area contributed by atoms with Crippen molar-refractivity contribution in [3.8, 4) is 0 Å². The van der Waals surface area contributed by atoms with E-state index >= 15 is 0 Å². The summed E-state index contributed by atoms with van der Waals surface area (Å²) in [6, 6.07) is 27.7. The minimum Gasteiger partial charge on any atom is -0.391 e.